The van der Waals surface area contributed by atoms with Crippen molar-refractivity contribution in [2.75, 3.05) is 12.0 Å². The third-order valence-corrected chi connectivity index (χ3v) is 5.88. The molecule has 0 spiro atoms. The number of primary amides is 1. The van der Waals surface area contributed by atoms with Gasteiger partial charge >= 0.3 is 5.97 Å². The van der Waals surface area contributed by atoms with Crippen LogP contribution in [0.5, 0.6) is 0 Å². The highest BCUT2D eigenvalue weighted by Crippen LogP contribution is 2.10. The van der Waals surface area contributed by atoms with Gasteiger partial charge in [-0.25, -0.2) is 4.79 Å². The summed E-state index contributed by atoms with van der Waals surface area (Å²) in [5.74, 6) is -3.39. The quantitative estimate of drug-likeness (QED) is 0.171. The van der Waals surface area contributed by atoms with Crippen molar-refractivity contribution in [3.05, 3.63) is 35.9 Å². The van der Waals surface area contributed by atoms with E-state index in [4.69, 9.17) is 11.5 Å². The van der Waals surface area contributed by atoms with Crippen molar-refractivity contribution >= 4 is 41.4 Å². The molecule has 0 aliphatic heterocycles. The van der Waals surface area contributed by atoms with Gasteiger partial charge in [0.1, 0.15) is 18.1 Å². The number of amides is 4. The molecule has 200 valence electrons. The number of hydrogen-bond acceptors (Lipinski definition) is 7. The standard InChI is InChI=1S/C24H37N5O6S/c1-14(2)11-18(22(32)27-17(24(34)35)9-10-36-3)29-23(33)19(12-15-7-5-4-6-8-15)28-21(31)16(25)13-20(26)30/h4-8,14,16-19H,9-13,25H2,1-3H3,(H2,26,30)(H,27,32)(H,28,31)(H,29,33)(H,34,35). The molecule has 0 radical (unpaired) electrons. The maximum atomic E-state index is 13.3. The summed E-state index contributed by atoms with van der Waals surface area (Å²) in [4.78, 5) is 61.5. The normalized spacial score (nSPS) is 14.2. The van der Waals surface area contributed by atoms with Gasteiger partial charge in [0.15, 0.2) is 0 Å². The molecular weight excluding hydrogens is 486 g/mol. The molecular formula is C24H37N5O6S. The number of aliphatic carboxylic acids is 1. The Morgan fingerprint density at radius 3 is 2.00 bits per heavy atom. The van der Waals surface area contributed by atoms with Crippen LogP contribution in [0, 0.1) is 5.92 Å². The molecule has 4 unspecified atom stereocenters. The van der Waals surface area contributed by atoms with Gasteiger partial charge in [0.25, 0.3) is 0 Å². The van der Waals surface area contributed by atoms with Gasteiger partial charge in [0.2, 0.25) is 23.6 Å². The number of benzene rings is 1. The van der Waals surface area contributed by atoms with E-state index < -0.39 is 60.2 Å². The molecule has 0 bridgehead atoms. The Morgan fingerprint density at radius 2 is 1.47 bits per heavy atom. The second-order valence-electron chi connectivity index (χ2n) is 8.90. The minimum atomic E-state index is -1.24. The molecule has 1 aromatic carbocycles. The molecule has 1 aromatic rings. The molecule has 12 heteroatoms. The van der Waals surface area contributed by atoms with E-state index in [9.17, 15) is 29.1 Å². The first-order valence-electron chi connectivity index (χ1n) is 11.6. The first-order chi connectivity index (χ1) is 16.9. The smallest absolute Gasteiger partial charge is 0.326 e. The number of rotatable bonds is 16. The number of carbonyl (C=O) groups excluding carboxylic acids is 4. The lowest BCUT2D eigenvalue weighted by molar-refractivity contribution is -0.142. The summed E-state index contributed by atoms with van der Waals surface area (Å²) in [6.45, 7) is 3.72. The van der Waals surface area contributed by atoms with Crippen LogP contribution in [0.2, 0.25) is 0 Å². The molecule has 11 nitrogen and oxygen atoms in total. The minimum Gasteiger partial charge on any atom is -0.480 e. The number of nitrogens with one attached hydrogen (secondary N) is 3. The van der Waals surface area contributed by atoms with E-state index in [2.05, 4.69) is 16.0 Å². The Kier molecular flexibility index (Phi) is 13.6. The largest absolute Gasteiger partial charge is 0.480 e. The molecule has 4 atom stereocenters. The van der Waals surface area contributed by atoms with Gasteiger partial charge in [-0.05, 0) is 36.3 Å². The second-order valence-corrected chi connectivity index (χ2v) is 9.89. The molecule has 0 heterocycles. The Balaban J connectivity index is 3.08. The van der Waals surface area contributed by atoms with Crippen LogP contribution in [0.4, 0.5) is 0 Å². The van der Waals surface area contributed by atoms with Gasteiger partial charge in [-0.3, -0.25) is 19.2 Å². The molecule has 0 aliphatic rings. The topological polar surface area (TPSA) is 194 Å². The lowest BCUT2D eigenvalue weighted by Gasteiger charge is -2.26. The van der Waals surface area contributed by atoms with Crippen LogP contribution in [-0.4, -0.2) is 70.9 Å². The van der Waals surface area contributed by atoms with Crippen LogP contribution < -0.4 is 27.4 Å². The van der Waals surface area contributed by atoms with Crippen molar-refractivity contribution in [1.29, 1.82) is 0 Å². The summed E-state index contributed by atoms with van der Waals surface area (Å²) in [6.07, 6.45) is 2.02. The summed E-state index contributed by atoms with van der Waals surface area (Å²) < 4.78 is 0. The lowest BCUT2D eigenvalue weighted by Crippen LogP contribution is -2.58. The van der Waals surface area contributed by atoms with Crippen molar-refractivity contribution in [3.8, 4) is 0 Å². The third-order valence-electron chi connectivity index (χ3n) is 5.24. The Labute approximate surface area is 215 Å². The van der Waals surface area contributed by atoms with E-state index in [-0.39, 0.29) is 25.2 Å². The number of thioether (sulfide) groups is 1. The number of carboxylic acids is 1. The van der Waals surface area contributed by atoms with Crippen LogP contribution in [0.15, 0.2) is 30.3 Å². The van der Waals surface area contributed by atoms with E-state index in [1.54, 1.807) is 30.3 Å². The average molecular weight is 524 g/mol. The summed E-state index contributed by atoms with van der Waals surface area (Å²) in [5, 5.41) is 17.2. The molecule has 1 rings (SSSR count). The van der Waals surface area contributed by atoms with Gasteiger partial charge in [0, 0.05) is 6.42 Å². The van der Waals surface area contributed by atoms with E-state index in [1.807, 2.05) is 20.1 Å². The van der Waals surface area contributed by atoms with E-state index in [0.717, 1.165) is 5.56 Å². The fourth-order valence-corrected chi connectivity index (χ4v) is 3.86. The summed E-state index contributed by atoms with van der Waals surface area (Å²) >= 11 is 1.46. The summed E-state index contributed by atoms with van der Waals surface area (Å²) in [6, 6.07) is 4.45. The van der Waals surface area contributed by atoms with Gasteiger partial charge in [-0.15, -0.1) is 0 Å². The maximum Gasteiger partial charge on any atom is 0.326 e. The van der Waals surface area contributed by atoms with Crippen molar-refractivity contribution < 1.29 is 29.1 Å². The Hall–Kier alpha value is -3.12. The molecule has 0 aliphatic carbocycles. The molecule has 0 saturated heterocycles. The number of carbonyl (C=O) groups is 5. The lowest BCUT2D eigenvalue weighted by atomic mass is 10.0. The summed E-state index contributed by atoms with van der Waals surface area (Å²) in [5.41, 5.74) is 11.6. The molecule has 4 amide bonds. The zero-order valence-electron chi connectivity index (χ0n) is 20.9. The van der Waals surface area contributed by atoms with Gasteiger partial charge in [-0.1, -0.05) is 44.2 Å². The Morgan fingerprint density at radius 1 is 0.917 bits per heavy atom. The van der Waals surface area contributed by atoms with Gasteiger partial charge in [0.05, 0.1) is 12.5 Å². The first kappa shape index (κ1) is 30.9. The van der Waals surface area contributed by atoms with Crippen molar-refractivity contribution in [1.82, 2.24) is 16.0 Å². The van der Waals surface area contributed by atoms with Crippen molar-refractivity contribution in [3.63, 3.8) is 0 Å². The highest BCUT2D eigenvalue weighted by atomic mass is 32.2. The minimum absolute atomic E-state index is 0.00155. The molecule has 0 saturated carbocycles. The number of nitrogens with two attached hydrogens (primary N) is 2. The fourth-order valence-electron chi connectivity index (χ4n) is 3.39. The van der Waals surface area contributed by atoms with Crippen LogP contribution >= 0.6 is 11.8 Å². The van der Waals surface area contributed by atoms with E-state index >= 15 is 0 Å². The molecule has 0 aromatic heterocycles. The van der Waals surface area contributed by atoms with Crippen LogP contribution in [-0.2, 0) is 30.4 Å². The zero-order valence-corrected chi connectivity index (χ0v) is 21.7. The maximum absolute atomic E-state index is 13.3. The fraction of sp³-hybridized carbons (Fsp3) is 0.542. The van der Waals surface area contributed by atoms with Crippen LogP contribution in [0.3, 0.4) is 0 Å². The predicted octanol–water partition coefficient (Wildman–Crippen LogP) is -0.230. The monoisotopic (exact) mass is 523 g/mol. The van der Waals surface area contributed by atoms with E-state index in [0.29, 0.717) is 5.75 Å². The van der Waals surface area contributed by atoms with Gasteiger partial charge in [-0.2, -0.15) is 11.8 Å². The highest BCUT2D eigenvalue weighted by Gasteiger charge is 2.31. The number of carboxylic acid groups (broad SMARTS) is 1. The van der Waals surface area contributed by atoms with E-state index in [1.165, 1.54) is 11.8 Å². The average Bonchev–Trinajstić information content (AvgIpc) is 2.80. The van der Waals surface area contributed by atoms with Gasteiger partial charge < -0.3 is 32.5 Å². The van der Waals surface area contributed by atoms with Crippen molar-refractivity contribution in [2.24, 2.45) is 17.4 Å². The van der Waals surface area contributed by atoms with Crippen molar-refractivity contribution in [2.45, 2.75) is 63.7 Å². The Bertz CT molecular complexity index is 898. The zero-order chi connectivity index (χ0) is 27.3. The molecule has 8 N–H and O–H groups in total. The molecule has 0 fully saturated rings. The molecule has 36 heavy (non-hydrogen) atoms. The number of hydrogen-bond donors (Lipinski definition) is 6. The summed E-state index contributed by atoms with van der Waals surface area (Å²) in [7, 11) is 0. The van der Waals surface area contributed by atoms with Crippen LogP contribution in [0.1, 0.15) is 38.7 Å². The highest BCUT2D eigenvalue weighted by molar-refractivity contribution is 7.98. The second kappa shape index (κ2) is 15.8. The predicted molar refractivity (Wildman–Crippen MR) is 138 cm³/mol. The van der Waals surface area contributed by atoms with Crippen LogP contribution in [0.25, 0.3) is 0 Å². The third kappa shape index (κ3) is 11.5. The SMILES string of the molecule is CSCCC(NC(=O)C(CC(C)C)NC(=O)C(Cc1ccccc1)NC(=O)C(N)CC(N)=O)C(=O)O. The first-order valence-corrected chi connectivity index (χ1v) is 13.0.